The fraction of sp³-hybridized carbons (Fsp3) is 0.394. The summed E-state index contributed by atoms with van der Waals surface area (Å²) in [6.07, 6.45) is 5.70. The molecule has 1 heterocycles. The number of phenols is 2. The van der Waals surface area contributed by atoms with E-state index in [1.165, 1.54) is 12.1 Å². The lowest BCUT2D eigenvalue weighted by Crippen LogP contribution is -2.33. The summed E-state index contributed by atoms with van der Waals surface area (Å²) in [7, 11) is 0. The summed E-state index contributed by atoms with van der Waals surface area (Å²) in [6.45, 7) is 8.16. The number of fused-ring (bicyclic) bond motifs is 1. The maximum Gasteiger partial charge on any atom is 0.340 e. The highest BCUT2D eigenvalue weighted by Gasteiger charge is 2.54. The van der Waals surface area contributed by atoms with Gasteiger partial charge in [-0.15, -0.1) is 0 Å². The number of carbonyl (C=O) groups excluding carboxylic acids is 1. The van der Waals surface area contributed by atoms with Crippen LogP contribution in [0.3, 0.4) is 0 Å². The predicted octanol–water partition coefficient (Wildman–Crippen LogP) is 7.07. The van der Waals surface area contributed by atoms with Gasteiger partial charge in [0.15, 0.2) is 5.60 Å². The van der Waals surface area contributed by atoms with Crippen molar-refractivity contribution in [3.8, 4) is 11.5 Å². The number of carbonyl (C=O) groups is 2. The topological polar surface area (TPSA) is 104 Å². The first-order valence-electron chi connectivity index (χ1n) is 14.0. The van der Waals surface area contributed by atoms with Gasteiger partial charge in [0.2, 0.25) is 0 Å². The molecule has 0 aromatic heterocycles. The molecule has 0 saturated heterocycles. The number of cyclic esters (lactones) is 1. The van der Waals surface area contributed by atoms with Gasteiger partial charge in [-0.05, 0) is 60.1 Å². The van der Waals surface area contributed by atoms with E-state index in [4.69, 9.17) is 4.74 Å². The molecule has 4 rings (SSSR count). The molecule has 0 aliphatic carbocycles. The van der Waals surface area contributed by atoms with Crippen LogP contribution in [0.1, 0.15) is 113 Å². The van der Waals surface area contributed by atoms with Crippen LogP contribution in [0.15, 0.2) is 42.5 Å². The lowest BCUT2D eigenvalue weighted by atomic mass is 9.73. The van der Waals surface area contributed by atoms with E-state index in [1.807, 2.05) is 52.0 Å². The van der Waals surface area contributed by atoms with Crippen LogP contribution in [0.4, 0.5) is 0 Å². The lowest BCUT2D eigenvalue weighted by Gasteiger charge is -2.36. The Morgan fingerprint density at radius 3 is 1.59 bits per heavy atom. The van der Waals surface area contributed by atoms with Crippen molar-refractivity contribution in [3.63, 3.8) is 0 Å². The van der Waals surface area contributed by atoms with Crippen molar-refractivity contribution in [2.75, 3.05) is 0 Å². The van der Waals surface area contributed by atoms with Crippen molar-refractivity contribution < 1.29 is 29.6 Å². The smallest absolute Gasteiger partial charge is 0.340 e. The minimum Gasteiger partial charge on any atom is -0.507 e. The van der Waals surface area contributed by atoms with Gasteiger partial charge in [0.25, 0.3) is 0 Å². The number of aromatic carboxylic acids is 1. The summed E-state index contributed by atoms with van der Waals surface area (Å²) >= 11 is 0. The van der Waals surface area contributed by atoms with Gasteiger partial charge in [0.1, 0.15) is 11.5 Å². The molecule has 0 atom stereocenters. The molecule has 3 N–H and O–H groups in total. The Kier molecular flexibility index (Phi) is 8.34. The molecule has 0 unspecified atom stereocenters. The van der Waals surface area contributed by atoms with Gasteiger partial charge in [-0.3, -0.25) is 0 Å². The Bertz CT molecular complexity index is 1340. The molecule has 3 aromatic rings. The lowest BCUT2D eigenvalue weighted by molar-refractivity contribution is 0.0233. The summed E-state index contributed by atoms with van der Waals surface area (Å²) in [6, 6.07) is 12.2. The molecule has 0 bridgehead atoms. The Morgan fingerprint density at radius 2 is 1.15 bits per heavy atom. The molecule has 206 valence electrons. The second kappa shape index (κ2) is 11.5. The summed E-state index contributed by atoms with van der Waals surface area (Å²) in [5.41, 5.74) is 2.90. The van der Waals surface area contributed by atoms with Crippen LogP contribution in [0, 0.1) is 0 Å². The third-order valence-electron chi connectivity index (χ3n) is 7.59. The van der Waals surface area contributed by atoms with Gasteiger partial charge < -0.3 is 20.1 Å². The molecule has 0 saturated carbocycles. The zero-order valence-corrected chi connectivity index (χ0v) is 23.3. The third-order valence-corrected chi connectivity index (χ3v) is 7.59. The number of phenolic OH excluding ortho intramolecular Hbond substituents is 2. The summed E-state index contributed by atoms with van der Waals surface area (Å²) < 4.78 is 6.38. The number of aryl methyl sites for hydroxylation is 4. The van der Waals surface area contributed by atoms with Gasteiger partial charge in [-0.25, -0.2) is 9.59 Å². The van der Waals surface area contributed by atoms with E-state index < -0.39 is 17.5 Å². The van der Waals surface area contributed by atoms with Crippen molar-refractivity contribution in [2.45, 2.75) is 84.7 Å². The summed E-state index contributed by atoms with van der Waals surface area (Å²) in [5.74, 6) is -1.73. The molecule has 6 nitrogen and oxygen atoms in total. The quantitative estimate of drug-likeness (QED) is 0.229. The fourth-order valence-electron chi connectivity index (χ4n) is 5.93. The largest absolute Gasteiger partial charge is 0.507 e. The van der Waals surface area contributed by atoms with Crippen LogP contribution in [0.2, 0.25) is 0 Å². The molecule has 0 radical (unpaired) electrons. The van der Waals surface area contributed by atoms with Crippen LogP contribution in [0.5, 0.6) is 11.5 Å². The van der Waals surface area contributed by atoms with Crippen molar-refractivity contribution >= 4 is 11.9 Å². The van der Waals surface area contributed by atoms with Crippen LogP contribution >= 0.6 is 0 Å². The first-order valence-corrected chi connectivity index (χ1v) is 14.0. The van der Waals surface area contributed by atoms with E-state index in [9.17, 15) is 24.9 Å². The van der Waals surface area contributed by atoms with Gasteiger partial charge in [-0.1, -0.05) is 83.7 Å². The predicted molar refractivity (Wildman–Crippen MR) is 151 cm³/mol. The minimum atomic E-state index is -1.64. The second-order valence-electron chi connectivity index (χ2n) is 10.4. The molecule has 0 amide bonds. The van der Waals surface area contributed by atoms with Gasteiger partial charge in [0.05, 0.1) is 22.3 Å². The molecule has 1 aliphatic heterocycles. The maximum atomic E-state index is 13.6. The van der Waals surface area contributed by atoms with Crippen molar-refractivity contribution in [2.24, 2.45) is 0 Å². The van der Waals surface area contributed by atoms with E-state index >= 15 is 0 Å². The summed E-state index contributed by atoms with van der Waals surface area (Å²) in [4.78, 5) is 25.4. The fourth-order valence-corrected chi connectivity index (χ4v) is 5.93. The molecule has 39 heavy (non-hydrogen) atoms. The van der Waals surface area contributed by atoms with Crippen LogP contribution in [-0.4, -0.2) is 27.3 Å². The highest BCUT2D eigenvalue weighted by atomic mass is 16.6. The van der Waals surface area contributed by atoms with E-state index in [2.05, 4.69) is 0 Å². The van der Waals surface area contributed by atoms with E-state index in [1.54, 1.807) is 6.07 Å². The highest BCUT2D eigenvalue weighted by Crippen LogP contribution is 2.55. The number of hydrogen-bond donors (Lipinski definition) is 3. The molecule has 0 fully saturated rings. The van der Waals surface area contributed by atoms with Gasteiger partial charge in [-0.2, -0.15) is 0 Å². The van der Waals surface area contributed by atoms with Gasteiger partial charge in [0, 0.05) is 5.56 Å². The number of esters is 1. The SMILES string of the molecule is CCCc1ccc(CCC)c(C2(c3c(CCC)ccc(CCC)c3O)OC(=O)c3cc(C(=O)O)ccc32)c1O. The van der Waals surface area contributed by atoms with E-state index in [0.29, 0.717) is 42.4 Å². The Hall–Kier alpha value is -3.80. The molecular formula is C33H38O6. The average molecular weight is 531 g/mol. The first-order chi connectivity index (χ1) is 18.7. The monoisotopic (exact) mass is 530 g/mol. The molecule has 0 spiro atoms. The Morgan fingerprint density at radius 1 is 0.718 bits per heavy atom. The molecular weight excluding hydrogens is 492 g/mol. The van der Waals surface area contributed by atoms with Crippen molar-refractivity contribution in [1.82, 2.24) is 0 Å². The molecule has 1 aliphatic rings. The molecule has 3 aromatic carbocycles. The highest BCUT2D eigenvalue weighted by molar-refractivity contribution is 6.00. The number of hydrogen-bond acceptors (Lipinski definition) is 5. The number of carboxylic acids is 1. The second-order valence-corrected chi connectivity index (χ2v) is 10.4. The number of rotatable bonds is 11. The first kappa shape index (κ1) is 28.2. The van der Waals surface area contributed by atoms with Crippen LogP contribution < -0.4 is 0 Å². The van der Waals surface area contributed by atoms with Crippen LogP contribution in [-0.2, 0) is 36.0 Å². The van der Waals surface area contributed by atoms with Crippen molar-refractivity contribution in [1.29, 1.82) is 0 Å². The number of ether oxygens (including phenoxy) is 1. The normalized spacial score (nSPS) is 13.8. The zero-order valence-electron chi connectivity index (χ0n) is 23.3. The third kappa shape index (κ3) is 4.77. The number of carboxylic acid groups (broad SMARTS) is 1. The van der Waals surface area contributed by atoms with Crippen molar-refractivity contribution in [3.05, 3.63) is 92.5 Å². The number of benzene rings is 3. The number of aromatic hydroxyl groups is 2. The maximum absolute atomic E-state index is 13.6. The summed E-state index contributed by atoms with van der Waals surface area (Å²) in [5, 5.41) is 33.4. The van der Waals surface area contributed by atoms with Gasteiger partial charge >= 0.3 is 11.9 Å². The molecule has 6 heteroatoms. The Labute approximate surface area is 230 Å². The standard InChI is InChI=1S/C33H38O6/c1-5-9-20-13-15-22(11-7-3)29(34)27(20)33(26-18-17-24(31(36)37)19-25(26)32(38)39-33)28-21(10-6-2)14-16-23(12-8-4)30(28)35/h13-19,34-35H,5-12H2,1-4H3,(H,36,37). The Balaban J connectivity index is 2.22. The van der Waals surface area contributed by atoms with E-state index in [-0.39, 0.29) is 22.6 Å². The van der Waals surface area contributed by atoms with E-state index in [0.717, 1.165) is 47.9 Å². The minimum absolute atomic E-state index is 0.0306. The average Bonchev–Trinajstić information content (AvgIpc) is 3.19. The zero-order chi connectivity index (χ0) is 28.3. The van der Waals surface area contributed by atoms with Crippen LogP contribution in [0.25, 0.3) is 0 Å².